The highest BCUT2D eigenvalue weighted by Gasteiger charge is 2.33. The Kier molecular flexibility index (Phi) is 9.86. The average molecular weight is 315 g/mol. The lowest BCUT2D eigenvalue weighted by atomic mass is 10.1. The van der Waals surface area contributed by atoms with E-state index in [2.05, 4.69) is 13.0 Å². The van der Waals surface area contributed by atoms with E-state index >= 15 is 0 Å². The smallest absolute Gasteiger partial charge is 0.359 e. The molecule has 0 atom stereocenters. The molecule has 0 aliphatic heterocycles. The lowest BCUT2D eigenvalue weighted by molar-refractivity contribution is -0.909. The van der Waals surface area contributed by atoms with Gasteiger partial charge in [-0.25, -0.2) is 9.59 Å². The predicted molar refractivity (Wildman–Crippen MR) is 77.9 cm³/mol. The van der Waals surface area contributed by atoms with Crippen molar-refractivity contribution in [3.63, 3.8) is 0 Å². The Hall–Kier alpha value is -1.89. The zero-order valence-corrected chi connectivity index (χ0v) is 13.0. The number of hydrogen-bond acceptors (Lipinski definition) is 4. The van der Waals surface area contributed by atoms with Crippen molar-refractivity contribution in [3.05, 3.63) is 12.2 Å². The maximum atomic E-state index is 11.0. The number of quaternary nitrogens is 1. The number of hydrogen-bond donors (Lipinski definition) is 2. The summed E-state index contributed by atoms with van der Waals surface area (Å²) in [4.78, 5) is 32.8. The minimum atomic E-state index is -1.44. The lowest BCUT2D eigenvalue weighted by Gasteiger charge is -2.36. The number of carbonyl (C=O) groups is 3. The molecule has 0 heterocycles. The van der Waals surface area contributed by atoms with Crippen LogP contribution in [0.1, 0.15) is 39.0 Å². The monoisotopic (exact) mass is 315 g/mol. The Morgan fingerprint density at radius 2 is 1.50 bits per heavy atom. The van der Waals surface area contributed by atoms with Crippen molar-refractivity contribution in [3.8, 4) is 0 Å². The number of allylic oxidation sites excluding steroid dienone is 2. The van der Waals surface area contributed by atoms with E-state index in [1.165, 1.54) is 0 Å². The molecular weight excluding hydrogens is 290 g/mol. The van der Waals surface area contributed by atoms with Crippen LogP contribution in [0.15, 0.2) is 12.2 Å². The zero-order chi connectivity index (χ0) is 17.0. The van der Waals surface area contributed by atoms with Gasteiger partial charge in [-0.1, -0.05) is 25.5 Å². The summed E-state index contributed by atoms with van der Waals surface area (Å²) in [6, 6.07) is 0. The second-order valence-electron chi connectivity index (χ2n) is 5.45. The fourth-order valence-electron chi connectivity index (χ4n) is 2.36. The van der Waals surface area contributed by atoms with Crippen LogP contribution >= 0.6 is 0 Å². The molecule has 7 heteroatoms. The van der Waals surface area contributed by atoms with E-state index in [0.29, 0.717) is 6.42 Å². The van der Waals surface area contributed by atoms with Gasteiger partial charge in [0.1, 0.15) is 6.54 Å². The van der Waals surface area contributed by atoms with Gasteiger partial charge in [-0.15, -0.1) is 0 Å². The van der Waals surface area contributed by atoms with E-state index in [0.717, 1.165) is 25.7 Å². The highest BCUT2D eigenvalue weighted by atomic mass is 16.4. The molecule has 0 radical (unpaired) electrons. The maximum Gasteiger partial charge on any atom is 0.359 e. The molecule has 0 saturated heterocycles. The van der Waals surface area contributed by atoms with Crippen LogP contribution in [0.3, 0.4) is 0 Å². The van der Waals surface area contributed by atoms with E-state index in [4.69, 9.17) is 10.2 Å². The number of unbranched alkanes of at least 4 members (excludes halogenated alkanes) is 3. The largest absolute Gasteiger partial charge is 0.544 e. The molecule has 2 N–H and O–H groups in total. The summed E-state index contributed by atoms with van der Waals surface area (Å²) < 4.78 is -0.522. The highest BCUT2D eigenvalue weighted by Crippen LogP contribution is 2.11. The first kappa shape index (κ1) is 20.1. The molecule has 22 heavy (non-hydrogen) atoms. The second kappa shape index (κ2) is 10.8. The molecule has 126 valence electrons. The fourth-order valence-corrected chi connectivity index (χ4v) is 2.36. The quantitative estimate of drug-likeness (QED) is 0.286. The summed E-state index contributed by atoms with van der Waals surface area (Å²) in [7, 11) is 0. The van der Waals surface area contributed by atoms with E-state index in [9.17, 15) is 19.5 Å². The van der Waals surface area contributed by atoms with Crippen LogP contribution in [0.4, 0.5) is 0 Å². The first-order valence-electron chi connectivity index (χ1n) is 7.45. The summed E-state index contributed by atoms with van der Waals surface area (Å²) in [6.45, 7) is 0.588. The molecule has 0 rings (SSSR count). The molecule has 0 saturated carbocycles. The minimum Gasteiger partial charge on any atom is -0.544 e. The number of nitrogens with zero attached hydrogens (tertiary/aromatic N) is 1. The topological polar surface area (TPSA) is 115 Å². The third-order valence-corrected chi connectivity index (χ3v) is 3.28. The van der Waals surface area contributed by atoms with Crippen molar-refractivity contribution >= 4 is 17.9 Å². The highest BCUT2D eigenvalue weighted by molar-refractivity contribution is 5.72. The number of carboxylic acid groups (broad SMARTS) is 3. The van der Waals surface area contributed by atoms with Crippen LogP contribution in [0.25, 0.3) is 0 Å². The molecule has 0 aromatic carbocycles. The summed E-state index contributed by atoms with van der Waals surface area (Å²) in [5, 5.41) is 28.7. The molecule has 0 unspecified atom stereocenters. The van der Waals surface area contributed by atoms with E-state index < -0.39 is 42.0 Å². The van der Waals surface area contributed by atoms with Crippen LogP contribution in [-0.2, 0) is 14.4 Å². The maximum absolute atomic E-state index is 11.0. The third-order valence-electron chi connectivity index (χ3n) is 3.28. The Balaban J connectivity index is 4.64. The number of rotatable bonds is 13. The third kappa shape index (κ3) is 9.93. The van der Waals surface area contributed by atoms with Crippen molar-refractivity contribution < 1.29 is 34.2 Å². The Morgan fingerprint density at radius 3 is 1.95 bits per heavy atom. The fraction of sp³-hybridized carbons (Fsp3) is 0.667. The van der Waals surface area contributed by atoms with Gasteiger partial charge in [0.05, 0.1) is 12.5 Å². The lowest BCUT2D eigenvalue weighted by Crippen LogP contribution is -2.59. The van der Waals surface area contributed by atoms with Crippen molar-refractivity contribution in [2.45, 2.75) is 39.0 Å². The Labute approximate surface area is 130 Å². The van der Waals surface area contributed by atoms with Gasteiger partial charge >= 0.3 is 11.9 Å². The average Bonchev–Trinajstić information content (AvgIpc) is 2.35. The minimum absolute atomic E-state index is 0.189. The number of carbonyl (C=O) groups excluding carboxylic acids is 1. The molecule has 0 aliphatic carbocycles. The first-order valence-corrected chi connectivity index (χ1v) is 7.45. The van der Waals surface area contributed by atoms with Crippen LogP contribution in [-0.4, -0.2) is 58.8 Å². The van der Waals surface area contributed by atoms with Gasteiger partial charge in [0, 0.05) is 0 Å². The summed E-state index contributed by atoms with van der Waals surface area (Å²) in [6.07, 6.45) is 8.30. The molecule has 0 aromatic rings. The molecule has 0 aromatic heterocycles. The van der Waals surface area contributed by atoms with Crippen molar-refractivity contribution in [2.75, 3.05) is 26.2 Å². The van der Waals surface area contributed by atoms with Crippen molar-refractivity contribution in [1.29, 1.82) is 0 Å². The van der Waals surface area contributed by atoms with Gasteiger partial charge in [-0.05, 0) is 25.7 Å². The summed E-state index contributed by atoms with van der Waals surface area (Å²) >= 11 is 0. The van der Waals surface area contributed by atoms with E-state index in [1.54, 1.807) is 0 Å². The van der Waals surface area contributed by atoms with Crippen LogP contribution in [0.5, 0.6) is 0 Å². The molecule has 0 spiro atoms. The first-order chi connectivity index (χ1) is 10.3. The van der Waals surface area contributed by atoms with E-state index in [-0.39, 0.29) is 6.54 Å². The van der Waals surface area contributed by atoms with Gasteiger partial charge in [0.25, 0.3) is 0 Å². The normalized spacial score (nSPS) is 11.7. The molecule has 0 fully saturated rings. The van der Waals surface area contributed by atoms with Gasteiger partial charge in [-0.3, -0.25) is 0 Å². The van der Waals surface area contributed by atoms with Gasteiger partial charge in [-0.2, -0.15) is 0 Å². The Morgan fingerprint density at radius 1 is 0.955 bits per heavy atom. The molecular formula is C15H25NO6. The molecule has 0 bridgehead atoms. The Bertz CT molecular complexity index is 364. The number of aliphatic carboxylic acids is 3. The van der Waals surface area contributed by atoms with Crippen molar-refractivity contribution in [1.82, 2.24) is 0 Å². The van der Waals surface area contributed by atoms with Crippen LogP contribution in [0, 0.1) is 0 Å². The summed E-state index contributed by atoms with van der Waals surface area (Å²) in [5.74, 6) is -3.87. The van der Waals surface area contributed by atoms with Gasteiger partial charge < -0.3 is 24.6 Å². The second-order valence-corrected chi connectivity index (χ2v) is 5.45. The van der Waals surface area contributed by atoms with Crippen molar-refractivity contribution in [2.24, 2.45) is 0 Å². The van der Waals surface area contributed by atoms with Crippen LogP contribution in [0.2, 0.25) is 0 Å². The van der Waals surface area contributed by atoms with E-state index in [1.807, 2.05) is 6.08 Å². The molecule has 7 nitrogen and oxygen atoms in total. The van der Waals surface area contributed by atoms with Gasteiger partial charge in [0.2, 0.25) is 0 Å². The standard InChI is InChI=1S/C15H25NO6/c1-2-3-4-5-6-7-8-9-16(10-13(17)18,11-14(19)20)12-15(21)22/h4-5H,2-3,6-12H2,1H3,(H2-,17,18,19,20,21,22)/b5-4+. The predicted octanol–water partition coefficient (Wildman–Crippen LogP) is 0.249. The van der Waals surface area contributed by atoms with Crippen LogP contribution < -0.4 is 5.11 Å². The molecule has 0 amide bonds. The SMILES string of the molecule is CCC/C=C/CCCC[N+](CC(=O)[O-])(CC(=O)O)CC(=O)O. The molecule has 0 aliphatic rings. The number of carboxylic acids is 3. The summed E-state index contributed by atoms with van der Waals surface area (Å²) in [5.41, 5.74) is 0. The zero-order valence-electron chi connectivity index (χ0n) is 13.0. The van der Waals surface area contributed by atoms with Gasteiger partial charge in [0.15, 0.2) is 13.1 Å².